The molecule has 19 heavy (non-hydrogen) atoms. The van der Waals surface area contributed by atoms with E-state index >= 15 is 0 Å². The Morgan fingerprint density at radius 3 is 2.68 bits per heavy atom. The zero-order chi connectivity index (χ0) is 14.0. The number of aryl methyl sites for hydroxylation is 1. The second-order valence-corrected chi connectivity index (χ2v) is 5.73. The van der Waals surface area contributed by atoms with Crippen LogP contribution in [0.3, 0.4) is 0 Å². The molecule has 102 valence electrons. The Kier molecular flexibility index (Phi) is 4.14. The molecule has 4 nitrogen and oxygen atoms in total. The maximum Gasteiger partial charge on any atom is 0.204 e. The smallest absolute Gasteiger partial charge is 0.204 e. The van der Waals surface area contributed by atoms with Gasteiger partial charge in [0.1, 0.15) is 0 Å². The highest BCUT2D eigenvalue weighted by atomic mass is 79.9. The van der Waals surface area contributed by atoms with Crippen LogP contribution in [0.1, 0.15) is 11.3 Å². The minimum atomic E-state index is 0.764. The van der Waals surface area contributed by atoms with E-state index in [1.807, 2.05) is 38.3 Å². The average molecular weight is 323 g/mol. The maximum atomic E-state index is 4.41. The molecule has 0 aliphatic heterocycles. The zero-order valence-corrected chi connectivity index (χ0v) is 13.3. The summed E-state index contributed by atoms with van der Waals surface area (Å²) in [6.07, 6.45) is 1.91. The molecule has 1 aromatic carbocycles. The molecule has 0 atom stereocenters. The summed E-state index contributed by atoms with van der Waals surface area (Å²) < 4.78 is 3.20. The van der Waals surface area contributed by atoms with Gasteiger partial charge in [0, 0.05) is 31.3 Å². The first kappa shape index (κ1) is 13.9. The third kappa shape index (κ3) is 3.10. The predicted molar refractivity (Wildman–Crippen MR) is 83.7 cm³/mol. The van der Waals surface area contributed by atoms with Crippen LogP contribution >= 0.6 is 15.9 Å². The number of benzene rings is 1. The van der Waals surface area contributed by atoms with Crippen LogP contribution in [0.2, 0.25) is 0 Å². The van der Waals surface area contributed by atoms with E-state index in [1.165, 1.54) is 5.56 Å². The number of imidazole rings is 1. The molecule has 0 aliphatic carbocycles. The van der Waals surface area contributed by atoms with E-state index < -0.39 is 0 Å². The number of hydrogen-bond donors (Lipinski definition) is 1. The average Bonchev–Trinajstić information content (AvgIpc) is 2.70. The van der Waals surface area contributed by atoms with E-state index in [1.54, 1.807) is 0 Å². The van der Waals surface area contributed by atoms with Gasteiger partial charge in [-0.1, -0.05) is 15.9 Å². The van der Waals surface area contributed by atoms with E-state index in [0.717, 1.165) is 28.3 Å². The van der Waals surface area contributed by atoms with Crippen molar-refractivity contribution in [3.8, 4) is 0 Å². The summed E-state index contributed by atoms with van der Waals surface area (Å²) in [5.41, 5.74) is 3.53. The SMILES string of the molecule is Cc1cc(Br)ccc1NCc1cnc(N(C)C)n1C. The van der Waals surface area contributed by atoms with Gasteiger partial charge in [-0.3, -0.25) is 0 Å². The van der Waals surface area contributed by atoms with Gasteiger partial charge in [0.25, 0.3) is 0 Å². The molecule has 0 bridgehead atoms. The van der Waals surface area contributed by atoms with Crippen molar-refractivity contribution >= 4 is 27.6 Å². The second-order valence-electron chi connectivity index (χ2n) is 4.82. The molecule has 0 aliphatic rings. The molecule has 1 aromatic heterocycles. The predicted octanol–water partition coefficient (Wildman–Crippen LogP) is 3.17. The normalized spacial score (nSPS) is 10.6. The monoisotopic (exact) mass is 322 g/mol. The molecule has 0 radical (unpaired) electrons. The van der Waals surface area contributed by atoms with Crippen molar-refractivity contribution in [3.63, 3.8) is 0 Å². The minimum absolute atomic E-state index is 0.764. The van der Waals surface area contributed by atoms with Gasteiger partial charge >= 0.3 is 0 Å². The molecule has 0 amide bonds. The Hall–Kier alpha value is -1.49. The molecule has 2 rings (SSSR count). The number of hydrogen-bond acceptors (Lipinski definition) is 3. The molecule has 0 spiro atoms. The standard InChI is InChI=1S/C14H19BrN4/c1-10-7-11(15)5-6-13(10)16-8-12-9-17-14(18(2)3)19(12)4/h5-7,9,16H,8H2,1-4H3. The van der Waals surface area contributed by atoms with Crippen molar-refractivity contribution in [2.24, 2.45) is 7.05 Å². The van der Waals surface area contributed by atoms with Crippen molar-refractivity contribution in [3.05, 3.63) is 40.1 Å². The Bertz CT molecular complexity index is 575. The minimum Gasteiger partial charge on any atom is -0.379 e. The van der Waals surface area contributed by atoms with Gasteiger partial charge in [-0.25, -0.2) is 4.98 Å². The number of anilines is 2. The van der Waals surface area contributed by atoms with Gasteiger partial charge in [0.05, 0.1) is 18.4 Å². The van der Waals surface area contributed by atoms with Crippen molar-refractivity contribution in [1.82, 2.24) is 9.55 Å². The Morgan fingerprint density at radius 2 is 2.11 bits per heavy atom. The molecule has 2 aromatic rings. The summed E-state index contributed by atoms with van der Waals surface area (Å²) in [4.78, 5) is 6.41. The van der Waals surface area contributed by atoms with E-state index in [0.29, 0.717) is 0 Å². The highest BCUT2D eigenvalue weighted by Gasteiger charge is 2.08. The molecule has 0 fully saturated rings. The van der Waals surface area contributed by atoms with Crippen molar-refractivity contribution in [2.45, 2.75) is 13.5 Å². The highest BCUT2D eigenvalue weighted by Crippen LogP contribution is 2.21. The van der Waals surface area contributed by atoms with Gasteiger partial charge < -0.3 is 14.8 Å². The van der Waals surface area contributed by atoms with Gasteiger partial charge in [0.15, 0.2) is 0 Å². The van der Waals surface area contributed by atoms with E-state index in [-0.39, 0.29) is 0 Å². The van der Waals surface area contributed by atoms with Crippen molar-refractivity contribution < 1.29 is 0 Å². The van der Waals surface area contributed by atoms with Gasteiger partial charge in [-0.05, 0) is 30.7 Å². The number of nitrogens with one attached hydrogen (secondary N) is 1. The summed E-state index contributed by atoms with van der Waals surface area (Å²) in [5.74, 6) is 0.962. The maximum absolute atomic E-state index is 4.41. The van der Waals surface area contributed by atoms with Crippen LogP contribution in [0, 0.1) is 6.92 Å². The summed E-state index contributed by atoms with van der Waals surface area (Å²) in [6, 6.07) is 6.24. The number of rotatable bonds is 4. The van der Waals surface area contributed by atoms with E-state index in [9.17, 15) is 0 Å². The van der Waals surface area contributed by atoms with Gasteiger partial charge in [0.2, 0.25) is 5.95 Å². The van der Waals surface area contributed by atoms with Crippen LogP contribution in [0.25, 0.3) is 0 Å². The van der Waals surface area contributed by atoms with E-state index in [2.05, 4.69) is 49.9 Å². The van der Waals surface area contributed by atoms with Crippen molar-refractivity contribution in [2.75, 3.05) is 24.3 Å². The van der Waals surface area contributed by atoms with Gasteiger partial charge in [-0.15, -0.1) is 0 Å². The van der Waals surface area contributed by atoms with Gasteiger partial charge in [-0.2, -0.15) is 0 Å². The summed E-state index contributed by atoms with van der Waals surface area (Å²) >= 11 is 3.48. The lowest BCUT2D eigenvalue weighted by atomic mass is 10.2. The topological polar surface area (TPSA) is 33.1 Å². The summed E-state index contributed by atoms with van der Waals surface area (Å²) in [5, 5.41) is 3.45. The van der Waals surface area contributed by atoms with Crippen LogP contribution in [0.5, 0.6) is 0 Å². The number of nitrogens with zero attached hydrogens (tertiary/aromatic N) is 3. The molecule has 1 N–H and O–H groups in total. The largest absolute Gasteiger partial charge is 0.379 e. The number of halogens is 1. The van der Waals surface area contributed by atoms with Crippen LogP contribution < -0.4 is 10.2 Å². The van der Waals surface area contributed by atoms with Crippen LogP contribution in [0.15, 0.2) is 28.9 Å². The first-order chi connectivity index (χ1) is 8.99. The molecule has 0 saturated carbocycles. The van der Waals surface area contributed by atoms with E-state index in [4.69, 9.17) is 0 Å². The molecule has 0 unspecified atom stereocenters. The summed E-state index contributed by atoms with van der Waals surface area (Å²) in [6.45, 7) is 2.86. The Morgan fingerprint density at radius 1 is 1.37 bits per heavy atom. The third-order valence-corrected chi connectivity index (χ3v) is 3.60. The van der Waals surface area contributed by atoms with Crippen LogP contribution in [0.4, 0.5) is 11.6 Å². The fraction of sp³-hybridized carbons (Fsp3) is 0.357. The fourth-order valence-corrected chi connectivity index (χ4v) is 2.50. The van der Waals surface area contributed by atoms with Crippen molar-refractivity contribution in [1.29, 1.82) is 0 Å². The van der Waals surface area contributed by atoms with Crippen LogP contribution in [-0.2, 0) is 13.6 Å². The Labute approximate surface area is 122 Å². The lowest BCUT2D eigenvalue weighted by molar-refractivity contribution is 0.813. The molecular weight excluding hydrogens is 304 g/mol. The fourth-order valence-electron chi connectivity index (χ4n) is 2.02. The molecule has 1 heterocycles. The lowest BCUT2D eigenvalue weighted by Gasteiger charge is -2.14. The number of aromatic nitrogens is 2. The molecular formula is C14H19BrN4. The Balaban J connectivity index is 2.10. The molecule has 0 saturated heterocycles. The van der Waals surface area contributed by atoms with Crippen LogP contribution in [-0.4, -0.2) is 23.6 Å². The third-order valence-electron chi connectivity index (χ3n) is 3.11. The quantitative estimate of drug-likeness (QED) is 0.938. The second kappa shape index (κ2) is 5.65. The first-order valence-electron chi connectivity index (χ1n) is 6.17. The zero-order valence-electron chi connectivity index (χ0n) is 11.7. The lowest BCUT2D eigenvalue weighted by Crippen LogP contribution is -2.15. The summed E-state index contributed by atoms with van der Waals surface area (Å²) in [7, 11) is 6.03. The highest BCUT2D eigenvalue weighted by molar-refractivity contribution is 9.10. The first-order valence-corrected chi connectivity index (χ1v) is 6.96. The molecule has 5 heteroatoms.